The summed E-state index contributed by atoms with van der Waals surface area (Å²) in [6.45, 7) is 4.13. The van der Waals surface area contributed by atoms with Gasteiger partial charge in [-0.3, -0.25) is 0 Å². The van der Waals surface area contributed by atoms with Gasteiger partial charge in [0, 0.05) is 5.57 Å². The lowest BCUT2D eigenvalue weighted by molar-refractivity contribution is -0.138. The molecule has 0 saturated carbocycles. The smallest absolute Gasteiger partial charge is 0.333 e. The first-order valence-corrected chi connectivity index (χ1v) is 5.82. The molecule has 2 nitrogen and oxygen atoms in total. The Morgan fingerprint density at radius 3 is 3.00 bits per heavy atom. The van der Waals surface area contributed by atoms with Gasteiger partial charge in [-0.15, -0.1) is 0 Å². The molecular formula is C10H16O2S. The van der Waals surface area contributed by atoms with Crippen LogP contribution in [0.3, 0.4) is 0 Å². The molecule has 0 amide bonds. The van der Waals surface area contributed by atoms with Crippen molar-refractivity contribution < 1.29 is 9.53 Å². The molecule has 0 aromatic rings. The molecule has 1 unspecified atom stereocenters. The molecule has 0 spiro atoms. The molecule has 0 aromatic carbocycles. The minimum atomic E-state index is -0.167. The fourth-order valence-corrected chi connectivity index (χ4v) is 2.55. The van der Waals surface area contributed by atoms with E-state index < -0.39 is 0 Å². The van der Waals surface area contributed by atoms with Gasteiger partial charge in [-0.25, -0.2) is 4.79 Å². The summed E-state index contributed by atoms with van der Waals surface area (Å²) in [5.74, 6) is 2.78. The summed E-state index contributed by atoms with van der Waals surface area (Å²) < 4.78 is 4.90. The van der Waals surface area contributed by atoms with Crippen LogP contribution >= 0.6 is 11.8 Å². The first-order valence-electron chi connectivity index (χ1n) is 4.67. The van der Waals surface area contributed by atoms with Gasteiger partial charge in [-0.05, 0) is 37.7 Å². The van der Waals surface area contributed by atoms with Gasteiger partial charge in [0.1, 0.15) is 0 Å². The average molecular weight is 200 g/mol. The zero-order valence-electron chi connectivity index (χ0n) is 8.21. The monoisotopic (exact) mass is 200 g/mol. The van der Waals surface area contributed by atoms with Crippen molar-refractivity contribution in [1.29, 1.82) is 0 Å². The molecule has 1 atom stereocenters. The van der Waals surface area contributed by atoms with Crippen LogP contribution in [0.25, 0.3) is 0 Å². The van der Waals surface area contributed by atoms with E-state index in [-0.39, 0.29) is 5.97 Å². The van der Waals surface area contributed by atoms with Crippen molar-refractivity contribution in [1.82, 2.24) is 0 Å². The summed E-state index contributed by atoms with van der Waals surface area (Å²) in [7, 11) is 0. The van der Waals surface area contributed by atoms with Crippen molar-refractivity contribution in [3.05, 3.63) is 11.6 Å². The lowest BCUT2D eigenvalue weighted by Crippen LogP contribution is -2.07. The van der Waals surface area contributed by atoms with Crippen LogP contribution in [0.15, 0.2) is 11.6 Å². The highest BCUT2D eigenvalue weighted by Gasteiger charge is 2.15. The Morgan fingerprint density at radius 1 is 1.69 bits per heavy atom. The van der Waals surface area contributed by atoms with E-state index in [4.69, 9.17) is 4.74 Å². The standard InChI is InChI=1S/C10H16O2S/c1-3-12-10(11)8(2)6-9-4-5-13-7-9/h6,9H,3-5,7H2,1-2H3. The van der Waals surface area contributed by atoms with Gasteiger partial charge in [-0.1, -0.05) is 6.08 Å². The van der Waals surface area contributed by atoms with Gasteiger partial charge in [-0.2, -0.15) is 11.8 Å². The highest BCUT2D eigenvalue weighted by molar-refractivity contribution is 7.99. The van der Waals surface area contributed by atoms with Crippen molar-refractivity contribution in [3.63, 3.8) is 0 Å². The predicted octanol–water partition coefficient (Wildman–Crippen LogP) is 2.25. The lowest BCUT2D eigenvalue weighted by atomic mass is 10.1. The molecule has 1 rings (SSSR count). The number of hydrogen-bond donors (Lipinski definition) is 0. The zero-order chi connectivity index (χ0) is 9.68. The molecule has 0 radical (unpaired) electrons. The molecule has 1 saturated heterocycles. The van der Waals surface area contributed by atoms with Gasteiger partial charge in [0.15, 0.2) is 0 Å². The Labute approximate surface area is 83.7 Å². The van der Waals surface area contributed by atoms with E-state index in [2.05, 4.69) is 6.08 Å². The normalized spacial score (nSPS) is 23.2. The van der Waals surface area contributed by atoms with E-state index in [9.17, 15) is 4.79 Å². The zero-order valence-corrected chi connectivity index (χ0v) is 9.02. The summed E-state index contributed by atoms with van der Waals surface area (Å²) in [6, 6.07) is 0. The summed E-state index contributed by atoms with van der Waals surface area (Å²) >= 11 is 1.95. The maximum atomic E-state index is 11.2. The first kappa shape index (κ1) is 10.6. The van der Waals surface area contributed by atoms with Gasteiger partial charge < -0.3 is 4.74 Å². The molecule has 0 aliphatic carbocycles. The van der Waals surface area contributed by atoms with E-state index in [0.717, 1.165) is 11.3 Å². The van der Waals surface area contributed by atoms with Crippen molar-refractivity contribution in [2.75, 3.05) is 18.1 Å². The van der Waals surface area contributed by atoms with Crippen LogP contribution < -0.4 is 0 Å². The van der Waals surface area contributed by atoms with E-state index in [1.54, 1.807) is 0 Å². The molecule has 74 valence electrons. The maximum Gasteiger partial charge on any atom is 0.333 e. The summed E-state index contributed by atoms with van der Waals surface area (Å²) in [5.41, 5.74) is 0.759. The third kappa shape index (κ3) is 3.43. The average Bonchev–Trinajstić information content (AvgIpc) is 2.57. The number of thioether (sulfide) groups is 1. The van der Waals surface area contributed by atoms with E-state index in [0.29, 0.717) is 12.5 Å². The molecular weight excluding hydrogens is 184 g/mol. The predicted molar refractivity (Wildman–Crippen MR) is 55.8 cm³/mol. The molecule has 0 N–H and O–H groups in total. The fraction of sp³-hybridized carbons (Fsp3) is 0.700. The van der Waals surface area contributed by atoms with Crippen LogP contribution in [-0.4, -0.2) is 24.1 Å². The highest BCUT2D eigenvalue weighted by Crippen LogP contribution is 2.25. The molecule has 0 bridgehead atoms. The lowest BCUT2D eigenvalue weighted by Gasteiger charge is -2.04. The number of allylic oxidation sites excluding steroid dienone is 1. The fourth-order valence-electron chi connectivity index (χ4n) is 1.35. The number of carbonyl (C=O) groups excluding carboxylic acids is 1. The number of ether oxygens (including phenoxy) is 1. The molecule has 1 aliphatic rings. The third-order valence-electron chi connectivity index (χ3n) is 2.05. The molecule has 1 aliphatic heterocycles. The summed E-state index contributed by atoms with van der Waals surface area (Å²) in [5, 5.41) is 0. The Balaban J connectivity index is 2.44. The Kier molecular flexibility index (Phi) is 4.36. The minimum absolute atomic E-state index is 0.167. The van der Waals surface area contributed by atoms with Crippen LogP contribution in [0.1, 0.15) is 20.3 Å². The van der Waals surface area contributed by atoms with Gasteiger partial charge in [0.2, 0.25) is 0 Å². The number of carbonyl (C=O) groups is 1. The van der Waals surface area contributed by atoms with Crippen LogP contribution in [0, 0.1) is 5.92 Å². The summed E-state index contributed by atoms with van der Waals surface area (Å²) in [4.78, 5) is 11.2. The second-order valence-corrected chi connectivity index (χ2v) is 4.34. The molecule has 1 fully saturated rings. The quantitative estimate of drug-likeness (QED) is 0.516. The number of esters is 1. The topological polar surface area (TPSA) is 26.3 Å². The number of rotatable bonds is 3. The van der Waals surface area contributed by atoms with Crippen molar-refractivity contribution in [2.24, 2.45) is 5.92 Å². The van der Waals surface area contributed by atoms with Crippen LogP contribution in [0.5, 0.6) is 0 Å². The van der Waals surface area contributed by atoms with E-state index in [1.165, 1.54) is 12.2 Å². The van der Waals surface area contributed by atoms with Crippen LogP contribution in [0.2, 0.25) is 0 Å². The third-order valence-corrected chi connectivity index (χ3v) is 3.24. The van der Waals surface area contributed by atoms with Gasteiger partial charge in [0.25, 0.3) is 0 Å². The molecule has 13 heavy (non-hydrogen) atoms. The SMILES string of the molecule is CCOC(=O)C(C)=CC1CCSC1. The molecule has 1 heterocycles. The minimum Gasteiger partial charge on any atom is -0.463 e. The van der Waals surface area contributed by atoms with E-state index in [1.807, 2.05) is 25.6 Å². The largest absolute Gasteiger partial charge is 0.463 e. The Bertz CT molecular complexity index is 205. The number of hydrogen-bond acceptors (Lipinski definition) is 3. The van der Waals surface area contributed by atoms with Gasteiger partial charge in [0.05, 0.1) is 6.61 Å². The first-order chi connectivity index (χ1) is 6.24. The Hall–Kier alpha value is -0.440. The van der Waals surface area contributed by atoms with Crippen LogP contribution in [-0.2, 0) is 9.53 Å². The molecule has 0 aromatic heterocycles. The second-order valence-electron chi connectivity index (χ2n) is 3.19. The second kappa shape index (κ2) is 5.32. The molecule has 3 heteroatoms. The Morgan fingerprint density at radius 2 is 2.46 bits per heavy atom. The van der Waals surface area contributed by atoms with Gasteiger partial charge >= 0.3 is 5.97 Å². The van der Waals surface area contributed by atoms with Crippen molar-refractivity contribution in [3.8, 4) is 0 Å². The van der Waals surface area contributed by atoms with Crippen molar-refractivity contribution >= 4 is 17.7 Å². The van der Waals surface area contributed by atoms with E-state index >= 15 is 0 Å². The maximum absolute atomic E-state index is 11.2. The highest BCUT2D eigenvalue weighted by atomic mass is 32.2. The summed E-state index contributed by atoms with van der Waals surface area (Å²) in [6.07, 6.45) is 3.25. The van der Waals surface area contributed by atoms with Crippen LogP contribution in [0.4, 0.5) is 0 Å². The van der Waals surface area contributed by atoms with Crippen molar-refractivity contribution in [2.45, 2.75) is 20.3 Å².